The Balaban J connectivity index is 3.04. The summed E-state index contributed by atoms with van der Waals surface area (Å²) in [5.74, 6) is -1.20. The Morgan fingerprint density at radius 2 is 1.90 bits per heavy atom. The summed E-state index contributed by atoms with van der Waals surface area (Å²) in [7, 11) is 0. The third-order valence-electron chi connectivity index (χ3n) is 1.20. The highest BCUT2D eigenvalue weighted by molar-refractivity contribution is 4.47. The summed E-state index contributed by atoms with van der Waals surface area (Å²) in [6.45, 7) is 5.81. The summed E-state index contributed by atoms with van der Waals surface area (Å²) in [6.07, 6.45) is 3.32. The monoisotopic (exact) mass is 145 g/mol. The van der Waals surface area contributed by atoms with Gasteiger partial charge >= 0.3 is 0 Å². The van der Waals surface area contributed by atoms with E-state index in [9.17, 15) is 5.11 Å². The van der Waals surface area contributed by atoms with Crippen molar-refractivity contribution in [3.63, 3.8) is 0 Å². The number of unbranched alkanes of at least 4 members (excludes halogenated alkanes) is 2. The highest BCUT2D eigenvalue weighted by atomic mass is 16.6. The normalized spacial score (nSPS) is 12.0. The molecule has 0 fully saturated rings. The maximum Gasteiger partial charge on any atom is 0.196 e. The minimum atomic E-state index is -1.20. The smallest absolute Gasteiger partial charge is 0.196 e. The van der Waals surface area contributed by atoms with E-state index in [0.29, 0.717) is 6.61 Å². The van der Waals surface area contributed by atoms with Crippen LogP contribution in [0.2, 0.25) is 0 Å². The van der Waals surface area contributed by atoms with Crippen molar-refractivity contribution in [2.45, 2.75) is 45.8 Å². The van der Waals surface area contributed by atoms with Crippen molar-refractivity contribution in [2.24, 2.45) is 0 Å². The van der Waals surface area contributed by atoms with E-state index in [0.717, 1.165) is 12.8 Å². The number of hydrogen-bond acceptors (Lipinski definition) is 1. The summed E-state index contributed by atoms with van der Waals surface area (Å²) in [5.41, 5.74) is 0. The molecule has 0 aromatic carbocycles. The minimum Gasteiger partial charge on any atom is -0.348 e. The number of rotatable bonds is 5. The van der Waals surface area contributed by atoms with Gasteiger partial charge in [-0.15, -0.1) is 0 Å². The summed E-state index contributed by atoms with van der Waals surface area (Å²) in [4.78, 5) is 0. The van der Waals surface area contributed by atoms with Gasteiger partial charge in [0.1, 0.15) is 0 Å². The van der Waals surface area contributed by atoms with Crippen molar-refractivity contribution in [1.82, 2.24) is 0 Å². The lowest BCUT2D eigenvalue weighted by atomic mass is 10.3. The molecule has 1 radical (unpaired) electrons. The SMILES string of the molecule is CCCCCOC(C)(C)[O]. The molecule has 61 valence electrons. The fourth-order valence-electron chi connectivity index (χ4n) is 0.670. The maximum absolute atomic E-state index is 10.8. The van der Waals surface area contributed by atoms with Crippen LogP contribution in [0.4, 0.5) is 0 Å². The largest absolute Gasteiger partial charge is 0.348 e. The van der Waals surface area contributed by atoms with E-state index in [2.05, 4.69) is 6.92 Å². The lowest BCUT2D eigenvalue weighted by Gasteiger charge is -2.14. The molecule has 0 heterocycles. The molecule has 0 spiro atoms. The molecule has 0 aromatic heterocycles. The third kappa shape index (κ3) is 7.92. The zero-order chi connectivity index (χ0) is 8.04. The minimum absolute atomic E-state index is 0.602. The lowest BCUT2D eigenvalue weighted by Crippen LogP contribution is -2.21. The first kappa shape index (κ1) is 9.92. The zero-order valence-corrected chi connectivity index (χ0v) is 7.14. The van der Waals surface area contributed by atoms with Crippen LogP contribution in [0.1, 0.15) is 40.0 Å². The van der Waals surface area contributed by atoms with Crippen molar-refractivity contribution in [3.05, 3.63) is 0 Å². The van der Waals surface area contributed by atoms with E-state index < -0.39 is 5.79 Å². The van der Waals surface area contributed by atoms with Crippen molar-refractivity contribution in [3.8, 4) is 0 Å². The fraction of sp³-hybridized carbons (Fsp3) is 1.00. The number of ether oxygens (including phenoxy) is 1. The highest BCUT2D eigenvalue weighted by Gasteiger charge is 2.13. The Hall–Kier alpha value is -0.0800. The van der Waals surface area contributed by atoms with Crippen molar-refractivity contribution < 1.29 is 9.84 Å². The molecule has 0 bridgehead atoms. The van der Waals surface area contributed by atoms with Crippen LogP contribution in [0.5, 0.6) is 0 Å². The molecule has 0 amide bonds. The van der Waals surface area contributed by atoms with Gasteiger partial charge in [-0.2, -0.15) is 5.11 Å². The molecule has 0 saturated heterocycles. The average Bonchev–Trinajstić information content (AvgIpc) is 1.78. The maximum atomic E-state index is 10.8. The first-order valence-electron chi connectivity index (χ1n) is 3.90. The molecule has 0 N–H and O–H groups in total. The summed E-state index contributed by atoms with van der Waals surface area (Å²) in [6, 6.07) is 0. The van der Waals surface area contributed by atoms with Gasteiger partial charge in [0.05, 0.1) is 6.61 Å². The van der Waals surface area contributed by atoms with Crippen LogP contribution in [0, 0.1) is 0 Å². The van der Waals surface area contributed by atoms with Gasteiger partial charge in [0.15, 0.2) is 5.79 Å². The summed E-state index contributed by atoms with van der Waals surface area (Å²) in [5, 5.41) is 10.8. The summed E-state index contributed by atoms with van der Waals surface area (Å²) < 4.78 is 4.98. The quantitative estimate of drug-likeness (QED) is 0.431. The van der Waals surface area contributed by atoms with E-state index in [1.807, 2.05) is 0 Å². The van der Waals surface area contributed by atoms with Gasteiger partial charge in [-0.1, -0.05) is 19.8 Å². The van der Waals surface area contributed by atoms with E-state index in [4.69, 9.17) is 4.74 Å². The fourth-order valence-corrected chi connectivity index (χ4v) is 0.670. The number of hydrogen-bond donors (Lipinski definition) is 0. The van der Waals surface area contributed by atoms with Gasteiger partial charge < -0.3 is 4.74 Å². The molecule has 0 aliphatic carbocycles. The van der Waals surface area contributed by atoms with Crippen LogP contribution in [0.25, 0.3) is 0 Å². The Bertz CT molecular complexity index is 73.8. The van der Waals surface area contributed by atoms with Gasteiger partial charge in [0, 0.05) is 0 Å². The van der Waals surface area contributed by atoms with Gasteiger partial charge in [-0.25, -0.2) is 0 Å². The zero-order valence-electron chi connectivity index (χ0n) is 7.14. The Morgan fingerprint density at radius 1 is 1.30 bits per heavy atom. The summed E-state index contributed by atoms with van der Waals surface area (Å²) >= 11 is 0. The van der Waals surface area contributed by atoms with E-state index >= 15 is 0 Å². The molecule has 0 atom stereocenters. The molecule has 2 nitrogen and oxygen atoms in total. The molecule has 2 heteroatoms. The lowest BCUT2D eigenvalue weighted by molar-refractivity contribution is -0.215. The van der Waals surface area contributed by atoms with Gasteiger partial charge in [-0.3, -0.25) is 0 Å². The van der Waals surface area contributed by atoms with Crippen LogP contribution in [0.3, 0.4) is 0 Å². The first-order chi connectivity index (χ1) is 4.56. The van der Waals surface area contributed by atoms with Crippen LogP contribution < -0.4 is 0 Å². The molecular weight excluding hydrogens is 128 g/mol. The van der Waals surface area contributed by atoms with Crippen LogP contribution >= 0.6 is 0 Å². The standard InChI is InChI=1S/C8H17O2/c1-4-5-6-7-10-8(2,3)9/h4-7H2,1-3H3. The van der Waals surface area contributed by atoms with Crippen LogP contribution in [-0.4, -0.2) is 12.4 Å². The van der Waals surface area contributed by atoms with Crippen LogP contribution in [-0.2, 0) is 9.84 Å². The third-order valence-corrected chi connectivity index (χ3v) is 1.20. The average molecular weight is 145 g/mol. The molecule has 0 aliphatic rings. The molecule has 0 saturated carbocycles. The molecule has 0 aliphatic heterocycles. The Labute approximate surface area is 63.2 Å². The molecule has 0 aromatic rings. The molecule has 10 heavy (non-hydrogen) atoms. The molecule has 0 unspecified atom stereocenters. The Morgan fingerprint density at radius 3 is 2.30 bits per heavy atom. The van der Waals surface area contributed by atoms with E-state index in [-0.39, 0.29) is 0 Å². The van der Waals surface area contributed by atoms with Gasteiger partial charge in [-0.05, 0) is 20.3 Å². The predicted molar refractivity (Wildman–Crippen MR) is 40.2 cm³/mol. The highest BCUT2D eigenvalue weighted by Crippen LogP contribution is 2.05. The van der Waals surface area contributed by atoms with Crippen molar-refractivity contribution >= 4 is 0 Å². The van der Waals surface area contributed by atoms with Gasteiger partial charge in [0.2, 0.25) is 0 Å². The second kappa shape index (κ2) is 4.69. The second-order valence-electron chi connectivity index (χ2n) is 2.96. The van der Waals surface area contributed by atoms with Crippen LogP contribution in [0.15, 0.2) is 0 Å². The predicted octanol–water partition coefficient (Wildman–Crippen LogP) is 2.36. The Kier molecular flexibility index (Phi) is 4.65. The van der Waals surface area contributed by atoms with Gasteiger partial charge in [0.25, 0.3) is 0 Å². The van der Waals surface area contributed by atoms with Crippen molar-refractivity contribution in [1.29, 1.82) is 0 Å². The first-order valence-corrected chi connectivity index (χ1v) is 3.90. The molecular formula is C8H17O2. The topological polar surface area (TPSA) is 29.1 Å². The van der Waals surface area contributed by atoms with Crippen molar-refractivity contribution in [2.75, 3.05) is 6.61 Å². The molecule has 0 rings (SSSR count). The van der Waals surface area contributed by atoms with E-state index in [1.165, 1.54) is 6.42 Å². The van der Waals surface area contributed by atoms with E-state index in [1.54, 1.807) is 13.8 Å². The second-order valence-corrected chi connectivity index (χ2v) is 2.96.